The number of hydrogen-bond donors (Lipinski definition) is 1. The minimum Gasteiger partial charge on any atom is -0.317 e. The molecule has 0 saturated heterocycles. The van der Waals surface area contributed by atoms with Crippen molar-refractivity contribution in [3.05, 3.63) is 11.9 Å². The Morgan fingerprint density at radius 3 is 3.00 bits per heavy atom. The fourth-order valence-corrected chi connectivity index (χ4v) is 0.903. The normalized spacial score (nSPS) is 10.4. The van der Waals surface area contributed by atoms with E-state index in [-0.39, 0.29) is 0 Å². The largest absolute Gasteiger partial charge is 0.317 e. The van der Waals surface area contributed by atoms with Crippen molar-refractivity contribution in [2.75, 3.05) is 13.1 Å². The van der Waals surface area contributed by atoms with Gasteiger partial charge in [0.05, 0.1) is 5.69 Å². The second-order valence-electron chi connectivity index (χ2n) is 2.49. The monoisotopic (exact) mass is 154 g/mol. The molecule has 0 saturated carbocycles. The molecule has 0 radical (unpaired) electrons. The van der Waals surface area contributed by atoms with Gasteiger partial charge in [0.15, 0.2) is 0 Å². The first-order chi connectivity index (χ1) is 5.33. The molecule has 0 aromatic carbocycles. The SMILES string of the molecule is CCNCCc1cn(C)nn1. The maximum absolute atomic E-state index is 3.96. The molecule has 62 valence electrons. The predicted molar refractivity (Wildman–Crippen MR) is 43.3 cm³/mol. The van der Waals surface area contributed by atoms with E-state index < -0.39 is 0 Å². The van der Waals surface area contributed by atoms with E-state index >= 15 is 0 Å². The lowest BCUT2D eigenvalue weighted by molar-refractivity contribution is 0.698. The van der Waals surface area contributed by atoms with Gasteiger partial charge in [0, 0.05) is 26.2 Å². The Morgan fingerprint density at radius 2 is 2.45 bits per heavy atom. The van der Waals surface area contributed by atoms with Crippen molar-refractivity contribution in [3.8, 4) is 0 Å². The Morgan fingerprint density at radius 1 is 1.64 bits per heavy atom. The van der Waals surface area contributed by atoms with Gasteiger partial charge in [-0.3, -0.25) is 4.68 Å². The van der Waals surface area contributed by atoms with Crippen molar-refractivity contribution < 1.29 is 0 Å². The summed E-state index contributed by atoms with van der Waals surface area (Å²) < 4.78 is 1.72. The van der Waals surface area contributed by atoms with Gasteiger partial charge in [-0.15, -0.1) is 5.10 Å². The van der Waals surface area contributed by atoms with Crippen LogP contribution in [0.5, 0.6) is 0 Å². The van der Waals surface area contributed by atoms with E-state index in [0.29, 0.717) is 0 Å². The summed E-state index contributed by atoms with van der Waals surface area (Å²) in [6.07, 6.45) is 2.90. The first-order valence-corrected chi connectivity index (χ1v) is 3.89. The second-order valence-corrected chi connectivity index (χ2v) is 2.49. The van der Waals surface area contributed by atoms with Gasteiger partial charge in [0.2, 0.25) is 0 Å². The van der Waals surface area contributed by atoms with Crippen molar-refractivity contribution in [1.29, 1.82) is 0 Å². The van der Waals surface area contributed by atoms with E-state index in [2.05, 4.69) is 22.6 Å². The van der Waals surface area contributed by atoms with Gasteiger partial charge in [0.1, 0.15) is 0 Å². The summed E-state index contributed by atoms with van der Waals surface area (Å²) in [6, 6.07) is 0. The third-order valence-corrected chi connectivity index (χ3v) is 1.46. The van der Waals surface area contributed by atoms with Crippen molar-refractivity contribution in [1.82, 2.24) is 20.3 Å². The van der Waals surface area contributed by atoms with Crippen LogP contribution in [0.3, 0.4) is 0 Å². The van der Waals surface area contributed by atoms with E-state index in [0.717, 1.165) is 25.2 Å². The highest BCUT2D eigenvalue weighted by molar-refractivity contribution is 4.92. The molecule has 11 heavy (non-hydrogen) atoms. The quantitative estimate of drug-likeness (QED) is 0.619. The zero-order valence-corrected chi connectivity index (χ0v) is 7.04. The number of likely N-dealkylation sites (N-methyl/N-ethyl adjacent to an activating group) is 1. The first kappa shape index (κ1) is 8.20. The summed E-state index contributed by atoms with van der Waals surface area (Å²) >= 11 is 0. The molecule has 0 atom stereocenters. The molecule has 0 fully saturated rings. The highest BCUT2D eigenvalue weighted by atomic mass is 15.4. The summed E-state index contributed by atoms with van der Waals surface area (Å²) in [6.45, 7) is 4.09. The van der Waals surface area contributed by atoms with Gasteiger partial charge in [-0.1, -0.05) is 12.1 Å². The molecule has 4 heteroatoms. The fourth-order valence-electron chi connectivity index (χ4n) is 0.903. The van der Waals surface area contributed by atoms with Crippen LogP contribution in [0.25, 0.3) is 0 Å². The minimum absolute atomic E-state index is 0.960. The van der Waals surface area contributed by atoms with Crippen LogP contribution >= 0.6 is 0 Å². The molecule has 0 spiro atoms. The fraction of sp³-hybridized carbons (Fsp3) is 0.714. The van der Waals surface area contributed by atoms with E-state index in [1.807, 2.05) is 13.2 Å². The molecule has 1 heterocycles. The van der Waals surface area contributed by atoms with Crippen LogP contribution < -0.4 is 5.32 Å². The molecule has 1 aromatic rings. The number of nitrogens with one attached hydrogen (secondary N) is 1. The summed E-state index contributed by atoms with van der Waals surface area (Å²) in [5.74, 6) is 0. The third-order valence-electron chi connectivity index (χ3n) is 1.46. The Hall–Kier alpha value is -0.900. The van der Waals surface area contributed by atoms with Gasteiger partial charge in [-0.2, -0.15) is 0 Å². The molecule has 0 aliphatic carbocycles. The topological polar surface area (TPSA) is 42.7 Å². The average Bonchev–Trinajstić information content (AvgIpc) is 2.37. The lowest BCUT2D eigenvalue weighted by atomic mass is 10.3. The van der Waals surface area contributed by atoms with Gasteiger partial charge in [-0.25, -0.2) is 0 Å². The second kappa shape index (κ2) is 4.08. The first-order valence-electron chi connectivity index (χ1n) is 3.89. The van der Waals surface area contributed by atoms with Crippen LogP contribution in [-0.2, 0) is 13.5 Å². The summed E-state index contributed by atoms with van der Waals surface area (Å²) in [5, 5.41) is 11.0. The maximum atomic E-state index is 3.96. The van der Waals surface area contributed by atoms with E-state index in [1.54, 1.807) is 4.68 Å². The van der Waals surface area contributed by atoms with Crippen LogP contribution in [0.4, 0.5) is 0 Å². The lowest BCUT2D eigenvalue weighted by Gasteiger charge is -1.95. The summed E-state index contributed by atoms with van der Waals surface area (Å²) in [4.78, 5) is 0. The predicted octanol–water partition coefficient (Wildman–Crippen LogP) is -0.0329. The standard InChI is InChI=1S/C7H14N4/c1-3-8-5-4-7-6-11(2)10-9-7/h6,8H,3-5H2,1-2H3. The van der Waals surface area contributed by atoms with Crippen molar-refractivity contribution in [2.45, 2.75) is 13.3 Å². The molecular formula is C7H14N4. The number of hydrogen-bond acceptors (Lipinski definition) is 3. The summed E-state index contributed by atoms with van der Waals surface area (Å²) in [7, 11) is 1.88. The number of rotatable bonds is 4. The number of aromatic nitrogens is 3. The van der Waals surface area contributed by atoms with Crippen molar-refractivity contribution in [3.63, 3.8) is 0 Å². The molecule has 0 bridgehead atoms. The van der Waals surface area contributed by atoms with Crippen LogP contribution in [0.15, 0.2) is 6.20 Å². The molecule has 0 aliphatic heterocycles. The lowest BCUT2D eigenvalue weighted by Crippen LogP contribution is -2.16. The molecular weight excluding hydrogens is 140 g/mol. The zero-order valence-electron chi connectivity index (χ0n) is 7.04. The molecule has 1 N–H and O–H groups in total. The summed E-state index contributed by atoms with van der Waals surface area (Å²) in [5.41, 5.74) is 1.05. The molecule has 1 rings (SSSR count). The van der Waals surface area contributed by atoms with E-state index in [1.165, 1.54) is 0 Å². The highest BCUT2D eigenvalue weighted by Crippen LogP contribution is 1.90. The molecule has 0 amide bonds. The smallest absolute Gasteiger partial charge is 0.0839 e. The van der Waals surface area contributed by atoms with Gasteiger partial charge < -0.3 is 5.32 Å². The molecule has 4 nitrogen and oxygen atoms in total. The van der Waals surface area contributed by atoms with Gasteiger partial charge >= 0.3 is 0 Å². The van der Waals surface area contributed by atoms with Crippen LogP contribution in [0, 0.1) is 0 Å². The number of nitrogens with zero attached hydrogens (tertiary/aromatic N) is 3. The van der Waals surface area contributed by atoms with Gasteiger partial charge in [0.25, 0.3) is 0 Å². The highest BCUT2D eigenvalue weighted by Gasteiger charge is 1.95. The molecule has 0 unspecified atom stereocenters. The van der Waals surface area contributed by atoms with Crippen LogP contribution in [0.1, 0.15) is 12.6 Å². The zero-order chi connectivity index (χ0) is 8.10. The third kappa shape index (κ3) is 2.67. The maximum Gasteiger partial charge on any atom is 0.0839 e. The van der Waals surface area contributed by atoms with Crippen LogP contribution in [0.2, 0.25) is 0 Å². The Balaban J connectivity index is 2.27. The van der Waals surface area contributed by atoms with Gasteiger partial charge in [-0.05, 0) is 6.54 Å². The van der Waals surface area contributed by atoms with E-state index in [4.69, 9.17) is 0 Å². The number of aryl methyl sites for hydroxylation is 1. The van der Waals surface area contributed by atoms with Crippen LogP contribution in [-0.4, -0.2) is 28.1 Å². The Kier molecular flexibility index (Phi) is 3.04. The van der Waals surface area contributed by atoms with Crippen molar-refractivity contribution >= 4 is 0 Å². The molecule has 1 aromatic heterocycles. The van der Waals surface area contributed by atoms with Crippen molar-refractivity contribution in [2.24, 2.45) is 7.05 Å². The average molecular weight is 154 g/mol. The van der Waals surface area contributed by atoms with E-state index in [9.17, 15) is 0 Å². The minimum atomic E-state index is 0.960. The Labute approximate surface area is 66.6 Å². The molecule has 0 aliphatic rings. The Bertz CT molecular complexity index is 206.